The molecule has 148 valence electrons. The summed E-state index contributed by atoms with van der Waals surface area (Å²) < 4.78 is 30.9. The fourth-order valence-electron chi connectivity index (χ4n) is 2.99. The van der Waals surface area contributed by atoms with Crippen molar-refractivity contribution in [1.82, 2.24) is 0 Å². The van der Waals surface area contributed by atoms with Crippen molar-refractivity contribution < 1.29 is 22.7 Å². The lowest BCUT2D eigenvalue weighted by Crippen LogP contribution is -2.33. The Kier molecular flexibility index (Phi) is 5.12. The van der Waals surface area contributed by atoms with Crippen LogP contribution in [-0.4, -0.2) is 33.1 Å². The van der Waals surface area contributed by atoms with E-state index in [1.807, 2.05) is 0 Å². The van der Waals surface area contributed by atoms with Crippen molar-refractivity contribution in [3.63, 3.8) is 0 Å². The van der Waals surface area contributed by atoms with E-state index in [1.54, 1.807) is 38.1 Å². The molecule has 0 bridgehead atoms. The number of rotatable bonds is 4. The van der Waals surface area contributed by atoms with E-state index in [9.17, 15) is 18.0 Å². The van der Waals surface area contributed by atoms with Crippen LogP contribution in [0.1, 0.15) is 24.2 Å². The first-order valence-corrected chi connectivity index (χ1v) is 10.4. The third-order valence-corrected chi connectivity index (χ3v) is 6.69. The number of sulfonamides is 1. The van der Waals surface area contributed by atoms with Crippen LogP contribution in [0.25, 0.3) is 0 Å². The molecule has 0 unspecified atom stereocenters. The van der Waals surface area contributed by atoms with E-state index in [-0.39, 0.29) is 22.0 Å². The van der Waals surface area contributed by atoms with E-state index in [2.05, 4.69) is 5.32 Å². The smallest absolute Gasteiger partial charge is 0.255 e. The number of benzene rings is 2. The number of carbonyl (C=O) groups excluding carboxylic acids is 2. The van der Waals surface area contributed by atoms with Gasteiger partial charge in [-0.25, -0.2) is 12.7 Å². The molecule has 1 fully saturated rings. The molecule has 0 aliphatic carbocycles. The van der Waals surface area contributed by atoms with Gasteiger partial charge in [0.05, 0.1) is 34.7 Å². The third-order valence-electron chi connectivity index (χ3n) is 4.37. The number of para-hydroxylation sites is 2. The highest BCUT2D eigenvalue weighted by atomic mass is 35.5. The zero-order chi connectivity index (χ0) is 20.7. The Bertz CT molecular complexity index is 1070. The first kappa shape index (κ1) is 20.2. The highest BCUT2D eigenvalue weighted by Crippen LogP contribution is 2.39. The number of hydrogen-bond donors (Lipinski definition) is 1. The van der Waals surface area contributed by atoms with Crippen molar-refractivity contribution in [3.8, 4) is 5.75 Å². The molecule has 3 rings (SSSR count). The second-order valence-electron chi connectivity index (χ2n) is 7.03. The summed E-state index contributed by atoms with van der Waals surface area (Å²) in [6.45, 7) is 3.11. The number of halogens is 1. The molecule has 1 heterocycles. The molecule has 28 heavy (non-hydrogen) atoms. The lowest BCUT2D eigenvalue weighted by atomic mass is 9.95. The Balaban J connectivity index is 1.98. The number of carbonyl (C=O) groups is 2. The molecule has 1 aliphatic rings. The Labute approximate surface area is 168 Å². The Morgan fingerprint density at radius 2 is 1.89 bits per heavy atom. The number of amides is 2. The van der Waals surface area contributed by atoms with Crippen LogP contribution in [0.15, 0.2) is 42.5 Å². The highest BCUT2D eigenvalue weighted by molar-refractivity contribution is 7.94. The Hall–Kier alpha value is -2.58. The molecule has 2 amide bonds. The summed E-state index contributed by atoms with van der Waals surface area (Å²) in [5, 5.41) is 2.76. The predicted octanol–water partition coefficient (Wildman–Crippen LogP) is 3.30. The van der Waals surface area contributed by atoms with E-state index in [4.69, 9.17) is 16.3 Å². The molecule has 0 radical (unpaired) electrons. The summed E-state index contributed by atoms with van der Waals surface area (Å²) in [7, 11) is -2.40. The summed E-state index contributed by atoms with van der Waals surface area (Å²) >= 11 is 6.16. The maximum atomic E-state index is 12.7. The summed E-state index contributed by atoms with van der Waals surface area (Å²) in [5.74, 6) is -0.932. The van der Waals surface area contributed by atoms with Crippen LogP contribution in [-0.2, 0) is 14.8 Å². The lowest BCUT2D eigenvalue weighted by molar-refractivity contribution is -0.123. The van der Waals surface area contributed by atoms with Crippen LogP contribution >= 0.6 is 11.6 Å². The summed E-state index contributed by atoms with van der Waals surface area (Å²) in [5.41, 5.74) is -0.502. The number of nitrogens with zero attached hydrogens (tertiary/aromatic N) is 1. The number of ether oxygens (including phenoxy) is 1. The van der Waals surface area contributed by atoms with E-state index >= 15 is 0 Å². The molecular weight excluding hydrogens is 404 g/mol. The monoisotopic (exact) mass is 422 g/mol. The summed E-state index contributed by atoms with van der Waals surface area (Å²) in [6, 6.07) is 11.0. The van der Waals surface area contributed by atoms with Gasteiger partial charge in [0.1, 0.15) is 5.75 Å². The van der Waals surface area contributed by atoms with E-state index < -0.39 is 27.3 Å². The van der Waals surface area contributed by atoms with Gasteiger partial charge in [-0.15, -0.1) is 0 Å². The van der Waals surface area contributed by atoms with Crippen molar-refractivity contribution in [2.45, 2.75) is 13.8 Å². The van der Waals surface area contributed by atoms with Gasteiger partial charge in [-0.1, -0.05) is 23.7 Å². The van der Waals surface area contributed by atoms with Crippen LogP contribution in [0.2, 0.25) is 5.02 Å². The molecule has 0 spiro atoms. The van der Waals surface area contributed by atoms with E-state index in [1.165, 1.54) is 25.3 Å². The SMILES string of the molecule is COc1ccccc1NC(=O)c1ccc(Cl)c(N2C(=O)C(C)(C)CS2(=O)=O)c1. The van der Waals surface area contributed by atoms with Gasteiger partial charge < -0.3 is 10.1 Å². The van der Waals surface area contributed by atoms with Crippen LogP contribution in [0.3, 0.4) is 0 Å². The molecule has 1 N–H and O–H groups in total. The van der Waals surface area contributed by atoms with Crippen LogP contribution in [0, 0.1) is 5.41 Å². The topological polar surface area (TPSA) is 92.8 Å². The van der Waals surface area contributed by atoms with Gasteiger partial charge in [-0.2, -0.15) is 0 Å². The van der Waals surface area contributed by atoms with Gasteiger partial charge in [-0.3, -0.25) is 9.59 Å². The summed E-state index contributed by atoms with van der Waals surface area (Å²) in [4.78, 5) is 25.3. The zero-order valence-electron chi connectivity index (χ0n) is 15.5. The normalized spacial score (nSPS) is 17.4. The molecule has 2 aromatic rings. The summed E-state index contributed by atoms with van der Waals surface area (Å²) in [6.07, 6.45) is 0. The van der Waals surface area contributed by atoms with Crippen LogP contribution < -0.4 is 14.4 Å². The molecule has 1 aliphatic heterocycles. The second-order valence-corrected chi connectivity index (χ2v) is 9.26. The number of hydrogen-bond acceptors (Lipinski definition) is 5. The Morgan fingerprint density at radius 3 is 2.50 bits per heavy atom. The van der Waals surface area contributed by atoms with E-state index in [0.717, 1.165) is 0 Å². The predicted molar refractivity (Wildman–Crippen MR) is 107 cm³/mol. The molecule has 0 aromatic heterocycles. The maximum Gasteiger partial charge on any atom is 0.255 e. The average molecular weight is 423 g/mol. The fraction of sp³-hybridized carbons (Fsp3) is 0.263. The number of methoxy groups -OCH3 is 1. The van der Waals surface area contributed by atoms with Gasteiger partial charge in [0, 0.05) is 5.56 Å². The van der Waals surface area contributed by atoms with Gasteiger partial charge in [0.2, 0.25) is 15.9 Å². The van der Waals surface area contributed by atoms with Gasteiger partial charge in [0.15, 0.2) is 0 Å². The van der Waals surface area contributed by atoms with E-state index in [0.29, 0.717) is 15.7 Å². The number of nitrogens with one attached hydrogen (secondary N) is 1. The molecule has 1 saturated heterocycles. The fourth-order valence-corrected chi connectivity index (χ4v) is 5.36. The lowest BCUT2D eigenvalue weighted by Gasteiger charge is -2.19. The molecular formula is C19H19ClN2O5S. The zero-order valence-corrected chi connectivity index (χ0v) is 17.1. The highest BCUT2D eigenvalue weighted by Gasteiger charge is 2.50. The van der Waals surface area contributed by atoms with Crippen molar-refractivity contribution in [1.29, 1.82) is 0 Å². The van der Waals surface area contributed by atoms with Crippen molar-refractivity contribution in [2.24, 2.45) is 5.41 Å². The van der Waals surface area contributed by atoms with Gasteiger partial charge in [-0.05, 0) is 44.2 Å². The molecule has 7 nitrogen and oxygen atoms in total. The minimum absolute atomic E-state index is 0.0371. The molecule has 2 aromatic carbocycles. The van der Waals surface area contributed by atoms with Crippen molar-refractivity contribution in [3.05, 3.63) is 53.1 Å². The quantitative estimate of drug-likeness (QED) is 0.815. The van der Waals surface area contributed by atoms with Gasteiger partial charge >= 0.3 is 0 Å². The maximum absolute atomic E-state index is 12.7. The molecule has 9 heteroatoms. The third kappa shape index (κ3) is 3.57. The molecule has 0 atom stereocenters. The molecule has 0 saturated carbocycles. The first-order valence-electron chi connectivity index (χ1n) is 8.38. The second kappa shape index (κ2) is 7.10. The van der Waals surface area contributed by atoms with Crippen molar-refractivity contribution >= 4 is 44.8 Å². The van der Waals surface area contributed by atoms with Crippen molar-refractivity contribution in [2.75, 3.05) is 22.5 Å². The first-order chi connectivity index (χ1) is 13.1. The largest absolute Gasteiger partial charge is 0.495 e. The Morgan fingerprint density at radius 1 is 1.21 bits per heavy atom. The minimum Gasteiger partial charge on any atom is -0.495 e. The number of anilines is 2. The van der Waals surface area contributed by atoms with Crippen LogP contribution in [0.5, 0.6) is 5.75 Å². The van der Waals surface area contributed by atoms with Gasteiger partial charge in [0.25, 0.3) is 5.91 Å². The minimum atomic E-state index is -3.88. The average Bonchev–Trinajstić information content (AvgIpc) is 2.79. The van der Waals surface area contributed by atoms with Crippen LogP contribution in [0.4, 0.5) is 11.4 Å². The standard InChI is InChI=1S/C19H19ClN2O5S/c1-19(2)11-28(25,26)22(18(19)24)15-10-12(8-9-13(15)20)17(23)21-14-6-4-5-7-16(14)27-3/h4-10H,11H2,1-3H3,(H,21,23).